The Morgan fingerprint density at radius 1 is 1.31 bits per heavy atom. The minimum atomic E-state index is -3.58. The van der Waals surface area contributed by atoms with Gasteiger partial charge in [0, 0.05) is 17.4 Å². The van der Waals surface area contributed by atoms with Gasteiger partial charge in [0.15, 0.2) is 9.84 Å². The van der Waals surface area contributed by atoms with Gasteiger partial charge in [0.1, 0.15) is 0 Å². The summed E-state index contributed by atoms with van der Waals surface area (Å²) in [5, 5.41) is 5.68. The number of nitrogens with one attached hydrogen (secondary N) is 2. The number of thioether (sulfide) groups is 1. The topological polar surface area (TPSA) is 92.3 Å². The summed E-state index contributed by atoms with van der Waals surface area (Å²) in [5.41, 5.74) is 0.521. The van der Waals surface area contributed by atoms with Crippen LogP contribution in [0.2, 0.25) is 0 Å². The molecule has 0 spiro atoms. The molecule has 1 aromatic carbocycles. The Bertz CT molecular complexity index is 807. The fraction of sp³-hybridized carbons (Fsp3) is 0.556. The highest BCUT2D eigenvalue weighted by atomic mass is 32.2. The van der Waals surface area contributed by atoms with Crippen LogP contribution in [-0.4, -0.2) is 37.8 Å². The van der Waals surface area contributed by atoms with Crippen LogP contribution in [0.1, 0.15) is 39.0 Å². The largest absolute Gasteiger partial charge is 0.353 e. The van der Waals surface area contributed by atoms with Crippen molar-refractivity contribution in [1.29, 1.82) is 0 Å². The van der Waals surface area contributed by atoms with Crippen molar-refractivity contribution in [2.45, 2.75) is 54.9 Å². The van der Waals surface area contributed by atoms with E-state index < -0.39 is 9.84 Å². The molecule has 2 aliphatic rings. The molecule has 2 atom stereocenters. The van der Waals surface area contributed by atoms with Crippen molar-refractivity contribution in [3.8, 4) is 0 Å². The fourth-order valence-electron chi connectivity index (χ4n) is 3.41. The number of carbonyl (C=O) groups excluding carboxylic acids is 2. The second-order valence-corrected chi connectivity index (χ2v) is 10.1. The maximum atomic E-state index is 12.6. The Hall–Kier alpha value is -1.54. The Kier molecular flexibility index (Phi) is 5.92. The third-order valence-electron chi connectivity index (χ3n) is 5.00. The van der Waals surface area contributed by atoms with E-state index in [9.17, 15) is 18.0 Å². The Labute approximate surface area is 158 Å². The van der Waals surface area contributed by atoms with Crippen LogP contribution in [0.25, 0.3) is 0 Å². The molecule has 2 N–H and O–H groups in total. The van der Waals surface area contributed by atoms with Crippen LogP contribution in [0.15, 0.2) is 28.0 Å². The van der Waals surface area contributed by atoms with E-state index in [1.165, 1.54) is 24.2 Å². The zero-order valence-corrected chi connectivity index (χ0v) is 16.4. The first kappa shape index (κ1) is 19.2. The summed E-state index contributed by atoms with van der Waals surface area (Å²) < 4.78 is 25.1. The highest BCUT2D eigenvalue weighted by Gasteiger charge is 2.25. The quantitative estimate of drug-likeness (QED) is 0.798. The number of rotatable bonds is 5. The first-order valence-electron chi connectivity index (χ1n) is 8.94. The van der Waals surface area contributed by atoms with E-state index in [4.69, 9.17) is 0 Å². The summed E-state index contributed by atoms with van der Waals surface area (Å²) in [6, 6.07) is 4.88. The number of hydrogen-bond acceptors (Lipinski definition) is 5. The molecule has 1 heterocycles. The van der Waals surface area contributed by atoms with Gasteiger partial charge >= 0.3 is 0 Å². The minimum absolute atomic E-state index is 0.0518. The molecule has 1 aliphatic carbocycles. The van der Waals surface area contributed by atoms with E-state index in [2.05, 4.69) is 17.6 Å². The van der Waals surface area contributed by atoms with Crippen LogP contribution in [0.4, 0.5) is 5.69 Å². The molecule has 1 saturated carbocycles. The molecule has 3 rings (SSSR count). The Morgan fingerprint density at radius 3 is 2.85 bits per heavy atom. The third-order valence-corrected chi connectivity index (χ3v) is 7.79. The Morgan fingerprint density at radius 2 is 2.08 bits per heavy atom. The molecule has 0 unspecified atom stereocenters. The predicted molar refractivity (Wildman–Crippen MR) is 102 cm³/mol. The minimum Gasteiger partial charge on any atom is -0.353 e. The number of sulfone groups is 1. The number of anilines is 1. The molecule has 1 aromatic rings. The van der Waals surface area contributed by atoms with Gasteiger partial charge in [-0.3, -0.25) is 9.59 Å². The summed E-state index contributed by atoms with van der Waals surface area (Å²) in [6.45, 7) is 2.13. The van der Waals surface area contributed by atoms with Gasteiger partial charge in [-0.15, -0.1) is 11.8 Å². The lowest BCUT2D eigenvalue weighted by Crippen LogP contribution is -2.41. The average molecular weight is 397 g/mol. The van der Waals surface area contributed by atoms with E-state index in [1.807, 2.05) is 0 Å². The van der Waals surface area contributed by atoms with Gasteiger partial charge in [-0.2, -0.15) is 0 Å². The van der Waals surface area contributed by atoms with Gasteiger partial charge in [0.25, 0.3) is 0 Å². The molecule has 0 radical (unpaired) electrons. The van der Waals surface area contributed by atoms with E-state index >= 15 is 0 Å². The van der Waals surface area contributed by atoms with Crippen molar-refractivity contribution < 1.29 is 18.0 Å². The van der Waals surface area contributed by atoms with Crippen LogP contribution < -0.4 is 10.6 Å². The van der Waals surface area contributed by atoms with Crippen molar-refractivity contribution >= 4 is 39.1 Å². The number of carbonyl (C=O) groups is 2. The van der Waals surface area contributed by atoms with Crippen LogP contribution in [0.3, 0.4) is 0 Å². The van der Waals surface area contributed by atoms with Gasteiger partial charge in [-0.1, -0.05) is 19.8 Å². The maximum absolute atomic E-state index is 12.6. The monoisotopic (exact) mass is 396 g/mol. The second kappa shape index (κ2) is 8.00. The SMILES string of the molecule is C[C@@H]1CCCC[C@H]1NC(=O)CCS(=O)(=O)c1ccc2c(c1)NC(=O)CS2. The molecule has 8 heteroatoms. The number of benzene rings is 1. The molecule has 1 aliphatic heterocycles. The van der Waals surface area contributed by atoms with E-state index in [0.29, 0.717) is 17.4 Å². The van der Waals surface area contributed by atoms with Gasteiger partial charge in [-0.05, 0) is 37.0 Å². The van der Waals surface area contributed by atoms with Crippen molar-refractivity contribution in [1.82, 2.24) is 5.32 Å². The van der Waals surface area contributed by atoms with Crippen molar-refractivity contribution in [3.63, 3.8) is 0 Å². The molecule has 2 amide bonds. The van der Waals surface area contributed by atoms with Crippen molar-refractivity contribution in [3.05, 3.63) is 18.2 Å². The van der Waals surface area contributed by atoms with Crippen LogP contribution in [-0.2, 0) is 19.4 Å². The molecule has 26 heavy (non-hydrogen) atoms. The van der Waals surface area contributed by atoms with Crippen LogP contribution in [0, 0.1) is 5.92 Å². The summed E-state index contributed by atoms with van der Waals surface area (Å²) >= 11 is 1.38. The summed E-state index contributed by atoms with van der Waals surface area (Å²) in [4.78, 5) is 24.6. The highest BCUT2D eigenvalue weighted by Crippen LogP contribution is 2.33. The summed E-state index contributed by atoms with van der Waals surface area (Å²) in [5.74, 6) is 0.178. The average Bonchev–Trinajstić information content (AvgIpc) is 2.61. The van der Waals surface area contributed by atoms with Crippen LogP contribution in [0.5, 0.6) is 0 Å². The fourth-order valence-corrected chi connectivity index (χ4v) is 5.46. The van der Waals surface area contributed by atoms with E-state index in [1.54, 1.807) is 12.1 Å². The van der Waals surface area contributed by atoms with E-state index in [-0.39, 0.29) is 34.9 Å². The first-order valence-corrected chi connectivity index (χ1v) is 11.6. The highest BCUT2D eigenvalue weighted by molar-refractivity contribution is 8.00. The van der Waals surface area contributed by atoms with Crippen molar-refractivity contribution in [2.24, 2.45) is 5.92 Å². The number of hydrogen-bond donors (Lipinski definition) is 2. The predicted octanol–water partition coefficient (Wildman–Crippen LogP) is 2.59. The number of fused-ring (bicyclic) bond motifs is 1. The molecule has 142 valence electrons. The number of amides is 2. The smallest absolute Gasteiger partial charge is 0.234 e. The maximum Gasteiger partial charge on any atom is 0.234 e. The third kappa shape index (κ3) is 4.59. The first-order chi connectivity index (χ1) is 12.3. The Balaban J connectivity index is 1.61. The van der Waals surface area contributed by atoms with Gasteiger partial charge < -0.3 is 10.6 Å². The van der Waals surface area contributed by atoms with Gasteiger partial charge in [-0.25, -0.2) is 8.42 Å². The standard InChI is InChI=1S/C18H24N2O4S2/c1-12-4-2-3-5-14(12)19-17(21)8-9-26(23,24)13-6-7-16-15(10-13)20-18(22)11-25-16/h6-7,10,12,14H,2-5,8-9,11H2,1H3,(H,19,21)(H,20,22)/t12-,14-/m1/s1. The summed E-state index contributed by atoms with van der Waals surface area (Å²) in [6.07, 6.45) is 4.30. The molecule has 0 aromatic heterocycles. The van der Waals surface area contributed by atoms with Gasteiger partial charge in [0.2, 0.25) is 11.8 Å². The lowest BCUT2D eigenvalue weighted by atomic mass is 9.86. The lowest BCUT2D eigenvalue weighted by molar-refractivity contribution is -0.122. The molecule has 0 bridgehead atoms. The normalized spacial score (nSPS) is 23.0. The van der Waals surface area contributed by atoms with Gasteiger partial charge in [0.05, 0.1) is 22.1 Å². The lowest BCUT2D eigenvalue weighted by Gasteiger charge is -2.29. The van der Waals surface area contributed by atoms with E-state index in [0.717, 1.165) is 24.2 Å². The molecular formula is C18H24N2O4S2. The summed E-state index contributed by atoms with van der Waals surface area (Å²) in [7, 11) is -3.58. The molecule has 1 fully saturated rings. The molecule has 6 nitrogen and oxygen atoms in total. The second-order valence-electron chi connectivity index (χ2n) is 7.00. The van der Waals surface area contributed by atoms with Crippen molar-refractivity contribution in [2.75, 3.05) is 16.8 Å². The van der Waals surface area contributed by atoms with Crippen LogP contribution >= 0.6 is 11.8 Å². The molecular weight excluding hydrogens is 372 g/mol. The zero-order chi connectivity index (χ0) is 18.7. The molecule has 0 saturated heterocycles. The zero-order valence-electron chi connectivity index (χ0n) is 14.8.